The van der Waals surface area contributed by atoms with Gasteiger partial charge in [-0.25, -0.2) is 0 Å². The third-order valence-electron chi connectivity index (χ3n) is 3.02. The minimum absolute atomic E-state index is 0. The lowest BCUT2D eigenvalue weighted by Gasteiger charge is -2.28. The van der Waals surface area contributed by atoms with Gasteiger partial charge in [0.25, 0.3) is 0 Å². The van der Waals surface area contributed by atoms with E-state index in [1.54, 1.807) is 0 Å². The fourth-order valence-corrected chi connectivity index (χ4v) is 2.06. The maximum Gasteiger partial charge on any atom is 0.308 e. The molecule has 1 heterocycles. The lowest BCUT2D eigenvalue weighted by molar-refractivity contribution is -0.146. The Bertz CT molecular complexity index is 204. The lowest BCUT2D eigenvalue weighted by atomic mass is 9.91. The van der Waals surface area contributed by atoms with Crippen molar-refractivity contribution in [1.82, 2.24) is 5.32 Å². The molecule has 1 saturated carbocycles. The standard InChI is InChI=1S/C9H15NO2.ClH/c1-12-8(11)7-2-5-10-9(6-7)3-4-9;/h7,10H,2-6H2,1H3;1H. The number of hydrogen-bond donors (Lipinski definition) is 1. The minimum Gasteiger partial charge on any atom is -0.469 e. The summed E-state index contributed by atoms with van der Waals surface area (Å²) >= 11 is 0. The van der Waals surface area contributed by atoms with Crippen LogP contribution >= 0.6 is 12.4 Å². The van der Waals surface area contributed by atoms with Crippen molar-refractivity contribution < 1.29 is 9.53 Å². The molecule has 1 atom stereocenters. The number of hydrogen-bond acceptors (Lipinski definition) is 3. The van der Waals surface area contributed by atoms with E-state index in [1.807, 2.05) is 0 Å². The van der Waals surface area contributed by atoms with Gasteiger partial charge in [0.05, 0.1) is 13.0 Å². The first kappa shape index (κ1) is 10.8. The summed E-state index contributed by atoms with van der Waals surface area (Å²) in [6.07, 6.45) is 4.40. The Hall–Kier alpha value is -0.280. The summed E-state index contributed by atoms with van der Waals surface area (Å²) in [6.45, 7) is 0.972. The number of nitrogens with one attached hydrogen (secondary N) is 1. The van der Waals surface area contributed by atoms with Gasteiger partial charge in [-0.2, -0.15) is 0 Å². The molecule has 2 aliphatic rings. The minimum atomic E-state index is -0.0252. The molecule has 2 rings (SSSR count). The molecule has 0 bridgehead atoms. The Balaban J connectivity index is 0.000000845. The van der Waals surface area contributed by atoms with Crippen LogP contribution in [0.25, 0.3) is 0 Å². The summed E-state index contributed by atoms with van der Waals surface area (Å²) in [7, 11) is 1.48. The highest BCUT2D eigenvalue weighted by Crippen LogP contribution is 2.44. The van der Waals surface area contributed by atoms with Crippen molar-refractivity contribution in [3.05, 3.63) is 0 Å². The van der Waals surface area contributed by atoms with E-state index in [9.17, 15) is 4.79 Å². The fraction of sp³-hybridized carbons (Fsp3) is 0.889. The molecular weight excluding hydrogens is 190 g/mol. The zero-order chi connectivity index (χ0) is 8.60. The summed E-state index contributed by atoms with van der Waals surface area (Å²) < 4.78 is 4.74. The van der Waals surface area contributed by atoms with Gasteiger partial charge in [-0.1, -0.05) is 0 Å². The third kappa shape index (κ3) is 2.15. The molecule has 0 amide bonds. The lowest BCUT2D eigenvalue weighted by Crippen LogP contribution is -2.42. The summed E-state index contributed by atoms with van der Waals surface area (Å²) in [6, 6.07) is 0. The largest absolute Gasteiger partial charge is 0.469 e. The van der Waals surface area contributed by atoms with Crippen LogP contribution in [0, 0.1) is 5.92 Å². The molecular formula is C9H16ClNO2. The number of carbonyl (C=O) groups excluding carboxylic acids is 1. The van der Waals surface area contributed by atoms with Crippen LogP contribution in [0.15, 0.2) is 0 Å². The summed E-state index contributed by atoms with van der Waals surface area (Å²) in [5, 5.41) is 3.47. The van der Waals surface area contributed by atoms with Crippen molar-refractivity contribution in [1.29, 1.82) is 0 Å². The maximum atomic E-state index is 11.2. The Labute approximate surface area is 84.6 Å². The fourth-order valence-electron chi connectivity index (χ4n) is 2.06. The Morgan fingerprint density at radius 1 is 1.54 bits per heavy atom. The molecule has 1 saturated heterocycles. The molecule has 4 heteroatoms. The zero-order valence-electron chi connectivity index (χ0n) is 7.84. The molecule has 1 aliphatic carbocycles. The summed E-state index contributed by atoms with van der Waals surface area (Å²) in [5.41, 5.74) is 0.330. The van der Waals surface area contributed by atoms with Crippen LogP contribution < -0.4 is 5.32 Å². The normalized spacial score (nSPS) is 29.2. The van der Waals surface area contributed by atoms with Crippen molar-refractivity contribution in [3.63, 3.8) is 0 Å². The van der Waals surface area contributed by atoms with E-state index in [0.717, 1.165) is 19.4 Å². The van der Waals surface area contributed by atoms with Gasteiger partial charge < -0.3 is 10.1 Å². The third-order valence-corrected chi connectivity index (χ3v) is 3.02. The number of methoxy groups -OCH3 is 1. The number of piperidine rings is 1. The van der Waals surface area contributed by atoms with Crippen molar-refractivity contribution >= 4 is 18.4 Å². The first-order valence-electron chi connectivity index (χ1n) is 4.59. The average molecular weight is 206 g/mol. The van der Waals surface area contributed by atoms with Crippen molar-refractivity contribution in [3.8, 4) is 0 Å². The molecule has 1 unspecified atom stereocenters. The van der Waals surface area contributed by atoms with Crippen molar-refractivity contribution in [2.24, 2.45) is 5.92 Å². The molecule has 2 fully saturated rings. The zero-order valence-corrected chi connectivity index (χ0v) is 8.65. The van der Waals surface area contributed by atoms with Crippen LogP contribution in [-0.4, -0.2) is 25.2 Å². The predicted octanol–water partition coefficient (Wildman–Crippen LogP) is 1.11. The molecule has 76 valence electrons. The number of rotatable bonds is 1. The molecule has 0 radical (unpaired) electrons. The van der Waals surface area contributed by atoms with Crippen LogP contribution in [0.2, 0.25) is 0 Å². The van der Waals surface area contributed by atoms with Crippen LogP contribution in [-0.2, 0) is 9.53 Å². The summed E-state index contributed by atoms with van der Waals surface area (Å²) in [5.74, 6) is 0.126. The molecule has 3 nitrogen and oxygen atoms in total. The number of carbonyl (C=O) groups is 1. The van der Waals surface area contributed by atoms with Gasteiger partial charge in [-0.3, -0.25) is 4.79 Å². The predicted molar refractivity (Wildman–Crippen MR) is 52.0 cm³/mol. The van der Waals surface area contributed by atoms with Crippen LogP contribution in [0.1, 0.15) is 25.7 Å². The van der Waals surface area contributed by atoms with E-state index in [4.69, 9.17) is 4.74 Å². The first-order chi connectivity index (χ1) is 5.76. The SMILES string of the molecule is COC(=O)C1CCNC2(CC2)C1.Cl. The number of ether oxygens (including phenoxy) is 1. The second kappa shape index (κ2) is 3.84. The van der Waals surface area contributed by atoms with E-state index in [2.05, 4.69) is 5.32 Å². The molecule has 0 aromatic carbocycles. The van der Waals surface area contributed by atoms with Crippen molar-refractivity contribution in [2.45, 2.75) is 31.2 Å². The van der Waals surface area contributed by atoms with Gasteiger partial charge in [0.2, 0.25) is 0 Å². The quantitative estimate of drug-likeness (QED) is 0.652. The van der Waals surface area contributed by atoms with Gasteiger partial charge in [0.1, 0.15) is 0 Å². The molecule has 1 spiro atoms. The van der Waals surface area contributed by atoms with Crippen LogP contribution in [0.4, 0.5) is 0 Å². The molecule has 0 aromatic heterocycles. The highest BCUT2D eigenvalue weighted by molar-refractivity contribution is 5.85. The molecule has 0 aromatic rings. The van der Waals surface area contributed by atoms with E-state index >= 15 is 0 Å². The smallest absolute Gasteiger partial charge is 0.308 e. The number of esters is 1. The Morgan fingerprint density at radius 3 is 2.77 bits per heavy atom. The van der Waals surface area contributed by atoms with Crippen molar-refractivity contribution in [2.75, 3.05) is 13.7 Å². The second-order valence-corrected chi connectivity index (χ2v) is 3.92. The topological polar surface area (TPSA) is 38.3 Å². The van der Waals surface area contributed by atoms with E-state index in [1.165, 1.54) is 20.0 Å². The first-order valence-corrected chi connectivity index (χ1v) is 4.59. The summed E-state index contributed by atoms with van der Waals surface area (Å²) in [4.78, 5) is 11.2. The van der Waals surface area contributed by atoms with Crippen LogP contribution in [0.5, 0.6) is 0 Å². The number of halogens is 1. The average Bonchev–Trinajstić information content (AvgIpc) is 2.84. The highest BCUT2D eigenvalue weighted by Gasteiger charge is 2.47. The van der Waals surface area contributed by atoms with Crippen LogP contribution in [0.3, 0.4) is 0 Å². The molecule has 13 heavy (non-hydrogen) atoms. The molecule has 1 N–H and O–H groups in total. The van der Waals surface area contributed by atoms with E-state index in [0.29, 0.717) is 5.54 Å². The maximum absolute atomic E-state index is 11.2. The second-order valence-electron chi connectivity index (χ2n) is 3.92. The van der Waals surface area contributed by atoms with Gasteiger partial charge in [0, 0.05) is 5.54 Å². The highest BCUT2D eigenvalue weighted by atomic mass is 35.5. The van der Waals surface area contributed by atoms with Gasteiger partial charge in [-0.05, 0) is 32.2 Å². The van der Waals surface area contributed by atoms with E-state index in [-0.39, 0.29) is 24.3 Å². The Morgan fingerprint density at radius 2 is 2.23 bits per heavy atom. The molecule has 1 aliphatic heterocycles. The van der Waals surface area contributed by atoms with Gasteiger partial charge >= 0.3 is 5.97 Å². The Kier molecular flexibility index (Phi) is 3.19. The van der Waals surface area contributed by atoms with Gasteiger partial charge in [0.15, 0.2) is 0 Å². The van der Waals surface area contributed by atoms with Gasteiger partial charge in [-0.15, -0.1) is 12.4 Å². The monoisotopic (exact) mass is 205 g/mol. The van der Waals surface area contributed by atoms with E-state index < -0.39 is 0 Å².